The number of ketones is 1. The molecule has 0 aliphatic rings. The fourth-order valence-corrected chi connectivity index (χ4v) is 2.37. The van der Waals surface area contributed by atoms with Crippen molar-refractivity contribution in [2.24, 2.45) is 0 Å². The van der Waals surface area contributed by atoms with Gasteiger partial charge in [-0.25, -0.2) is 0 Å². The molecule has 0 N–H and O–H groups in total. The summed E-state index contributed by atoms with van der Waals surface area (Å²) in [5, 5.41) is 0. The smallest absolute Gasteiger partial charge is 0.180 e. The Labute approximate surface area is 117 Å². The van der Waals surface area contributed by atoms with Crippen LogP contribution in [0.4, 0.5) is 0 Å². The molecule has 0 amide bonds. The van der Waals surface area contributed by atoms with Crippen LogP contribution in [0, 0.1) is 0 Å². The monoisotopic (exact) mass is 352 g/mol. The molecule has 0 aliphatic carbocycles. The summed E-state index contributed by atoms with van der Waals surface area (Å²) in [6.45, 7) is 0. The number of halogens is 2. The predicted octanol–water partition coefficient (Wildman–Crippen LogP) is 4.77. The average Bonchev–Trinajstić information content (AvgIpc) is 2.39. The Morgan fingerprint density at radius 3 is 2.12 bits per heavy atom. The van der Waals surface area contributed by atoms with E-state index in [9.17, 15) is 4.79 Å². The number of carbonyl (C=O) groups excluding carboxylic acids is 1. The van der Waals surface area contributed by atoms with Crippen LogP contribution in [0.3, 0.4) is 0 Å². The van der Waals surface area contributed by atoms with E-state index in [2.05, 4.69) is 31.9 Å². The van der Waals surface area contributed by atoms with Crippen molar-refractivity contribution in [2.45, 2.75) is 4.83 Å². The van der Waals surface area contributed by atoms with Gasteiger partial charge in [0.15, 0.2) is 5.78 Å². The Bertz CT molecular complexity index is 506. The van der Waals surface area contributed by atoms with E-state index in [1.807, 2.05) is 54.6 Å². The predicted molar refractivity (Wildman–Crippen MR) is 76.6 cm³/mol. The molecule has 2 aromatic carbocycles. The largest absolute Gasteiger partial charge is 0.293 e. The molecule has 0 aliphatic heterocycles. The molecule has 0 fully saturated rings. The number of Topliss-reactive ketones (excluding diaryl/α,β-unsaturated/α-hetero) is 1. The van der Waals surface area contributed by atoms with Gasteiger partial charge in [0.25, 0.3) is 0 Å². The summed E-state index contributed by atoms with van der Waals surface area (Å²) in [5.74, 6) is 0.0768. The molecule has 0 bridgehead atoms. The molecule has 1 nitrogen and oxygen atoms in total. The van der Waals surface area contributed by atoms with Crippen LogP contribution in [0.2, 0.25) is 0 Å². The van der Waals surface area contributed by atoms with Gasteiger partial charge >= 0.3 is 0 Å². The van der Waals surface area contributed by atoms with Crippen LogP contribution in [0.5, 0.6) is 0 Å². The standard InChI is InChI=1S/C14H10Br2O/c15-12-8-6-10(7-9-12)13(16)14(17)11-4-2-1-3-5-11/h1-9,13H. The molecule has 86 valence electrons. The summed E-state index contributed by atoms with van der Waals surface area (Å²) < 4.78 is 1.01. The summed E-state index contributed by atoms with van der Waals surface area (Å²) in [4.78, 5) is 11.9. The molecule has 0 saturated carbocycles. The minimum atomic E-state index is -0.294. The van der Waals surface area contributed by atoms with Crippen molar-refractivity contribution >= 4 is 37.6 Å². The van der Waals surface area contributed by atoms with E-state index >= 15 is 0 Å². The Kier molecular flexibility index (Phi) is 4.13. The van der Waals surface area contributed by atoms with E-state index in [-0.39, 0.29) is 10.6 Å². The lowest BCUT2D eigenvalue weighted by Gasteiger charge is -2.09. The Morgan fingerprint density at radius 2 is 1.53 bits per heavy atom. The minimum Gasteiger partial charge on any atom is -0.293 e. The van der Waals surface area contributed by atoms with Crippen LogP contribution in [-0.2, 0) is 0 Å². The SMILES string of the molecule is O=C(c1ccccc1)C(Br)c1ccc(Br)cc1. The summed E-state index contributed by atoms with van der Waals surface area (Å²) >= 11 is 6.82. The van der Waals surface area contributed by atoms with Gasteiger partial charge in [-0.3, -0.25) is 4.79 Å². The van der Waals surface area contributed by atoms with Crippen LogP contribution in [0.1, 0.15) is 20.7 Å². The highest BCUT2D eigenvalue weighted by atomic mass is 79.9. The van der Waals surface area contributed by atoms with Crippen molar-refractivity contribution in [2.75, 3.05) is 0 Å². The lowest BCUT2D eigenvalue weighted by atomic mass is 10.0. The second-order valence-electron chi connectivity index (χ2n) is 3.64. The van der Waals surface area contributed by atoms with Crippen LogP contribution < -0.4 is 0 Å². The molecule has 1 atom stereocenters. The van der Waals surface area contributed by atoms with Crippen molar-refractivity contribution in [3.05, 3.63) is 70.2 Å². The van der Waals surface area contributed by atoms with Gasteiger partial charge in [-0.05, 0) is 17.7 Å². The van der Waals surface area contributed by atoms with E-state index in [0.717, 1.165) is 15.6 Å². The van der Waals surface area contributed by atoms with Crippen LogP contribution >= 0.6 is 31.9 Å². The number of alkyl halides is 1. The highest BCUT2D eigenvalue weighted by Gasteiger charge is 2.18. The van der Waals surface area contributed by atoms with Gasteiger partial charge in [-0.15, -0.1) is 0 Å². The van der Waals surface area contributed by atoms with Crippen LogP contribution in [0.25, 0.3) is 0 Å². The van der Waals surface area contributed by atoms with Crippen molar-refractivity contribution < 1.29 is 4.79 Å². The number of benzene rings is 2. The Hall–Kier alpha value is -0.930. The Balaban J connectivity index is 2.23. The maximum atomic E-state index is 12.2. The second kappa shape index (κ2) is 5.61. The topological polar surface area (TPSA) is 17.1 Å². The zero-order valence-electron chi connectivity index (χ0n) is 8.94. The molecule has 0 radical (unpaired) electrons. The van der Waals surface area contributed by atoms with Crippen molar-refractivity contribution in [1.82, 2.24) is 0 Å². The summed E-state index contributed by atoms with van der Waals surface area (Å²) in [6, 6.07) is 17.0. The molecule has 0 heterocycles. The molecule has 0 saturated heterocycles. The summed E-state index contributed by atoms with van der Waals surface area (Å²) in [6.07, 6.45) is 0. The molecular formula is C14H10Br2O. The number of hydrogen-bond acceptors (Lipinski definition) is 1. The van der Waals surface area contributed by atoms with Gasteiger partial charge in [0.05, 0.1) is 0 Å². The third kappa shape index (κ3) is 3.05. The van der Waals surface area contributed by atoms with Gasteiger partial charge in [0, 0.05) is 10.0 Å². The van der Waals surface area contributed by atoms with E-state index in [1.54, 1.807) is 0 Å². The zero-order valence-corrected chi connectivity index (χ0v) is 12.1. The molecule has 0 spiro atoms. The van der Waals surface area contributed by atoms with Crippen molar-refractivity contribution in [1.29, 1.82) is 0 Å². The number of hydrogen-bond donors (Lipinski definition) is 0. The lowest BCUT2D eigenvalue weighted by molar-refractivity contribution is 0.0991. The highest BCUT2D eigenvalue weighted by Crippen LogP contribution is 2.27. The fraction of sp³-hybridized carbons (Fsp3) is 0.0714. The van der Waals surface area contributed by atoms with E-state index in [4.69, 9.17) is 0 Å². The zero-order chi connectivity index (χ0) is 12.3. The molecule has 0 aromatic heterocycles. The second-order valence-corrected chi connectivity index (χ2v) is 5.48. The normalized spacial score (nSPS) is 12.1. The molecule has 3 heteroatoms. The first-order chi connectivity index (χ1) is 8.18. The van der Waals surface area contributed by atoms with Crippen molar-refractivity contribution in [3.63, 3.8) is 0 Å². The van der Waals surface area contributed by atoms with Gasteiger partial charge in [0.1, 0.15) is 4.83 Å². The molecule has 1 unspecified atom stereocenters. The average molecular weight is 354 g/mol. The molecular weight excluding hydrogens is 344 g/mol. The first kappa shape index (κ1) is 12.5. The first-order valence-electron chi connectivity index (χ1n) is 5.17. The van der Waals surface area contributed by atoms with E-state index < -0.39 is 0 Å². The lowest BCUT2D eigenvalue weighted by Crippen LogP contribution is -2.06. The van der Waals surface area contributed by atoms with Gasteiger partial charge < -0.3 is 0 Å². The number of carbonyl (C=O) groups is 1. The highest BCUT2D eigenvalue weighted by molar-refractivity contribution is 9.10. The summed E-state index contributed by atoms with van der Waals surface area (Å²) in [5.41, 5.74) is 1.68. The van der Waals surface area contributed by atoms with E-state index in [0.29, 0.717) is 0 Å². The molecule has 17 heavy (non-hydrogen) atoms. The van der Waals surface area contributed by atoms with Crippen molar-refractivity contribution in [3.8, 4) is 0 Å². The molecule has 2 aromatic rings. The third-order valence-corrected chi connectivity index (χ3v) is 3.92. The third-order valence-electron chi connectivity index (χ3n) is 2.45. The maximum absolute atomic E-state index is 12.2. The quantitative estimate of drug-likeness (QED) is 0.573. The van der Waals surface area contributed by atoms with E-state index in [1.165, 1.54) is 0 Å². The van der Waals surface area contributed by atoms with Crippen LogP contribution in [-0.4, -0.2) is 5.78 Å². The van der Waals surface area contributed by atoms with Gasteiger partial charge in [0.2, 0.25) is 0 Å². The Morgan fingerprint density at radius 1 is 0.941 bits per heavy atom. The summed E-state index contributed by atoms with van der Waals surface area (Å²) in [7, 11) is 0. The van der Waals surface area contributed by atoms with Gasteiger partial charge in [-0.2, -0.15) is 0 Å². The maximum Gasteiger partial charge on any atom is 0.180 e. The van der Waals surface area contributed by atoms with Gasteiger partial charge in [-0.1, -0.05) is 74.3 Å². The first-order valence-corrected chi connectivity index (χ1v) is 6.88. The molecule has 2 rings (SSSR count). The van der Waals surface area contributed by atoms with Crippen LogP contribution in [0.15, 0.2) is 59.1 Å². The number of rotatable bonds is 3. The minimum absolute atomic E-state index is 0.0768. The fourth-order valence-electron chi connectivity index (χ4n) is 1.53.